The third-order valence-corrected chi connectivity index (χ3v) is 5.56. The molecule has 0 atom stereocenters. The van der Waals surface area contributed by atoms with Crippen LogP contribution in [0.2, 0.25) is 0 Å². The lowest BCUT2D eigenvalue weighted by molar-refractivity contribution is -0.134. The lowest BCUT2D eigenvalue weighted by Crippen LogP contribution is -2.44. The fraction of sp³-hybridized carbons (Fsp3) is 0.526. The largest absolute Gasteiger partial charge is 0.396 e. The number of likely N-dealkylation sites (tertiary alicyclic amines) is 1. The maximum atomic E-state index is 12.5. The van der Waals surface area contributed by atoms with Crippen LogP contribution in [0.4, 0.5) is 0 Å². The van der Waals surface area contributed by atoms with E-state index < -0.39 is 0 Å². The molecule has 6 nitrogen and oxygen atoms in total. The SMILES string of the molecule is CCC1(CO)CCN(C(=O)CCn2ncc(=O)c3ccccc32)CC1. The van der Waals surface area contributed by atoms with Gasteiger partial charge in [0.2, 0.25) is 11.3 Å². The second-order valence-electron chi connectivity index (χ2n) is 6.89. The van der Waals surface area contributed by atoms with Crippen LogP contribution in [0.15, 0.2) is 35.3 Å². The minimum absolute atomic E-state index is 0.0206. The van der Waals surface area contributed by atoms with Gasteiger partial charge in [-0.05, 0) is 36.8 Å². The number of aryl methyl sites for hydroxylation is 1. The number of carbonyl (C=O) groups is 1. The van der Waals surface area contributed by atoms with Gasteiger partial charge in [0.1, 0.15) is 0 Å². The molecule has 3 rings (SSSR count). The number of amides is 1. The first kappa shape index (κ1) is 17.6. The zero-order chi connectivity index (χ0) is 17.9. The van der Waals surface area contributed by atoms with E-state index in [-0.39, 0.29) is 23.4 Å². The highest BCUT2D eigenvalue weighted by Gasteiger charge is 2.33. The first-order valence-corrected chi connectivity index (χ1v) is 8.92. The molecule has 2 heterocycles. The summed E-state index contributed by atoms with van der Waals surface area (Å²) in [7, 11) is 0. The highest BCUT2D eigenvalue weighted by molar-refractivity contribution is 5.79. The minimum Gasteiger partial charge on any atom is -0.396 e. The molecule has 0 radical (unpaired) electrons. The lowest BCUT2D eigenvalue weighted by Gasteiger charge is -2.40. The molecule has 1 N–H and O–H groups in total. The molecule has 1 aromatic carbocycles. The standard InChI is InChI=1S/C19H25N3O3/c1-2-19(14-23)8-11-21(12-9-19)18(25)7-10-22-16-6-4-3-5-15(16)17(24)13-20-22/h3-6,13,23H,2,7-12,14H2,1H3. The molecule has 6 heteroatoms. The zero-order valence-corrected chi connectivity index (χ0v) is 14.6. The number of aliphatic hydroxyl groups excluding tert-OH is 1. The van der Waals surface area contributed by atoms with E-state index in [1.165, 1.54) is 6.20 Å². The number of hydrogen-bond donors (Lipinski definition) is 1. The number of aliphatic hydroxyl groups is 1. The van der Waals surface area contributed by atoms with Crippen LogP contribution in [0, 0.1) is 5.41 Å². The second-order valence-corrected chi connectivity index (χ2v) is 6.89. The predicted octanol–water partition coefficient (Wildman–Crippen LogP) is 1.80. The Morgan fingerprint density at radius 2 is 2.00 bits per heavy atom. The van der Waals surface area contributed by atoms with E-state index in [1.54, 1.807) is 10.7 Å². The highest BCUT2D eigenvalue weighted by Crippen LogP contribution is 2.34. The maximum absolute atomic E-state index is 12.5. The summed E-state index contributed by atoms with van der Waals surface area (Å²) in [5.74, 6) is 0.104. The Morgan fingerprint density at radius 3 is 2.68 bits per heavy atom. The van der Waals surface area contributed by atoms with Crippen molar-refractivity contribution < 1.29 is 9.90 Å². The Bertz CT molecular complexity index is 801. The maximum Gasteiger partial charge on any atom is 0.224 e. The number of benzene rings is 1. The van der Waals surface area contributed by atoms with E-state index in [0.717, 1.165) is 24.8 Å². The average Bonchev–Trinajstić information content (AvgIpc) is 2.67. The van der Waals surface area contributed by atoms with Crippen molar-refractivity contribution in [2.75, 3.05) is 19.7 Å². The van der Waals surface area contributed by atoms with Crippen LogP contribution in [0.3, 0.4) is 0 Å². The Morgan fingerprint density at radius 1 is 1.28 bits per heavy atom. The monoisotopic (exact) mass is 343 g/mol. The number of fused-ring (bicyclic) bond motifs is 1. The quantitative estimate of drug-likeness (QED) is 0.898. The lowest BCUT2D eigenvalue weighted by atomic mass is 9.77. The summed E-state index contributed by atoms with van der Waals surface area (Å²) >= 11 is 0. The third kappa shape index (κ3) is 3.58. The van der Waals surface area contributed by atoms with Crippen molar-refractivity contribution >= 4 is 16.8 Å². The van der Waals surface area contributed by atoms with E-state index in [4.69, 9.17) is 0 Å². The van der Waals surface area contributed by atoms with E-state index in [9.17, 15) is 14.7 Å². The van der Waals surface area contributed by atoms with Gasteiger partial charge in [-0.2, -0.15) is 5.10 Å². The van der Waals surface area contributed by atoms with Crippen LogP contribution in [0.25, 0.3) is 10.9 Å². The van der Waals surface area contributed by atoms with Gasteiger partial charge in [-0.3, -0.25) is 14.3 Å². The topological polar surface area (TPSA) is 75.4 Å². The van der Waals surface area contributed by atoms with Gasteiger partial charge in [-0.15, -0.1) is 0 Å². The van der Waals surface area contributed by atoms with Crippen molar-refractivity contribution in [3.63, 3.8) is 0 Å². The molecular weight excluding hydrogens is 318 g/mol. The number of rotatable bonds is 5. The van der Waals surface area contributed by atoms with Gasteiger partial charge in [0.25, 0.3) is 0 Å². The number of aromatic nitrogens is 2. The van der Waals surface area contributed by atoms with Crippen LogP contribution >= 0.6 is 0 Å². The zero-order valence-electron chi connectivity index (χ0n) is 14.6. The van der Waals surface area contributed by atoms with Crippen molar-refractivity contribution in [3.05, 3.63) is 40.7 Å². The second kappa shape index (κ2) is 7.35. The number of nitrogens with zero attached hydrogens (tertiary/aromatic N) is 3. The highest BCUT2D eigenvalue weighted by atomic mass is 16.3. The average molecular weight is 343 g/mol. The molecule has 0 bridgehead atoms. The van der Waals surface area contributed by atoms with E-state index in [0.29, 0.717) is 31.4 Å². The van der Waals surface area contributed by atoms with Crippen molar-refractivity contribution in [3.8, 4) is 0 Å². The molecule has 2 aromatic rings. The van der Waals surface area contributed by atoms with Crippen molar-refractivity contribution in [1.82, 2.24) is 14.7 Å². The number of para-hydroxylation sites is 1. The van der Waals surface area contributed by atoms with Crippen LogP contribution in [-0.4, -0.2) is 45.4 Å². The Hall–Kier alpha value is -2.21. The molecule has 1 aromatic heterocycles. The Labute approximate surface area is 147 Å². The van der Waals surface area contributed by atoms with Gasteiger partial charge < -0.3 is 10.0 Å². The molecule has 1 fully saturated rings. The Kier molecular flexibility index (Phi) is 5.18. The summed E-state index contributed by atoms with van der Waals surface area (Å²) in [6.07, 6.45) is 4.32. The van der Waals surface area contributed by atoms with E-state index in [2.05, 4.69) is 12.0 Å². The molecule has 0 spiro atoms. The summed E-state index contributed by atoms with van der Waals surface area (Å²) < 4.78 is 1.72. The fourth-order valence-corrected chi connectivity index (χ4v) is 3.55. The normalized spacial score (nSPS) is 17.0. The molecule has 25 heavy (non-hydrogen) atoms. The van der Waals surface area contributed by atoms with Gasteiger partial charge in [-0.25, -0.2) is 0 Å². The van der Waals surface area contributed by atoms with Crippen LogP contribution in [0.1, 0.15) is 32.6 Å². The molecule has 1 saturated heterocycles. The molecule has 1 aliphatic heterocycles. The minimum atomic E-state index is -0.103. The third-order valence-electron chi connectivity index (χ3n) is 5.56. The predicted molar refractivity (Wildman–Crippen MR) is 96.2 cm³/mol. The molecule has 0 unspecified atom stereocenters. The summed E-state index contributed by atoms with van der Waals surface area (Å²) in [6.45, 7) is 4.14. The van der Waals surface area contributed by atoms with Crippen molar-refractivity contribution in [2.24, 2.45) is 5.41 Å². The van der Waals surface area contributed by atoms with Gasteiger partial charge in [-0.1, -0.05) is 19.1 Å². The van der Waals surface area contributed by atoms with Gasteiger partial charge >= 0.3 is 0 Å². The van der Waals surface area contributed by atoms with Crippen LogP contribution in [0.5, 0.6) is 0 Å². The molecule has 0 aliphatic carbocycles. The van der Waals surface area contributed by atoms with Crippen molar-refractivity contribution in [1.29, 1.82) is 0 Å². The molecule has 1 amide bonds. The summed E-state index contributed by atoms with van der Waals surface area (Å²) in [5.41, 5.74) is 0.633. The van der Waals surface area contributed by atoms with E-state index >= 15 is 0 Å². The molecule has 0 saturated carbocycles. The summed E-state index contributed by atoms with van der Waals surface area (Å²) in [6, 6.07) is 7.33. The summed E-state index contributed by atoms with van der Waals surface area (Å²) in [4.78, 5) is 26.3. The number of hydrogen-bond acceptors (Lipinski definition) is 4. The first-order valence-electron chi connectivity index (χ1n) is 8.92. The molecular formula is C19H25N3O3. The molecule has 134 valence electrons. The Balaban J connectivity index is 1.64. The summed E-state index contributed by atoms with van der Waals surface area (Å²) in [5, 5.41) is 14.4. The van der Waals surface area contributed by atoms with Crippen LogP contribution < -0.4 is 5.43 Å². The number of carbonyl (C=O) groups excluding carboxylic acids is 1. The first-order chi connectivity index (χ1) is 12.1. The van der Waals surface area contributed by atoms with Gasteiger partial charge in [0.05, 0.1) is 18.3 Å². The van der Waals surface area contributed by atoms with Gasteiger partial charge in [0, 0.05) is 31.5 Å². The van der Waals surface area contributed by atoms with Gasteiger partial charge in [0.15, 0.2) is 0 Å². The van der Waals surface area contributed by atoms with E-state index in [1.807, 2.05) is 23.1 Å². The number of piperidine rings is 1. The smallest absolute Gasteiger partial charge is 0.224 e. The molecule has 1 aliphatic rings. The fourth-order valence-electron chi connectivity index (χ4n) is 3.55. The van der Waals surface area contributed by atoms with Crippen LogP contribution in [-0.2, 0) is 11.3 Å². The van der Waals surface area contributed by atoms with Crippen molar-refractivity contribution in [2.45, 2.75) is 39.2 Å².